The first kappa shape index (κ1) is 10.4. The standard InChI is InChI=1S/C12H23NO/c1-10-3-5-11(6-4-10)7-13-8-12(2,14)9-13/h10-11,14H,3-9H2,1-2H3. The summed E-state index contributed by atoms with van der Waals surface area (Å²) >= 11 is 0. The van der Waals surface area contributed by atoms with Gasteiger partial charge in [-0.15, -0.1) is 0 Å². The minimum absolute atomic E-state index is 0.387. The summed E-state index contributed by atoms with van der Waals surface area (Å²) in [6.07, 6.45) is 5.63. The van der Waals surface area contributed by atoms with Gasteiger partial charge in [0.2, 0.25) is 0 Å². The van der Waals surface area contributed by atoms with Crippen molar-refractivity contribution < 1.29 is 5.11 Å². The molecule has 1 heterocycles. The van der Waals surface area contributed by atoms with Gasteiger partial charge in [0.1, 0.15) is 0 Å². The smallest absolute Gasteiger partial charge is 0.0872 e. The number of aliphatic hydroxyl groups is 1. The van der Waals surface area contributed by atoms with Gasteiger partial charge in [0.05, 0.1) is 5.60 Å². The summed E-state index contributed by atoms with van der Waals surface area (Å²) in [6, 6.07) is 0. The van der Waals surface area contributed by atoms with Crippen LogP contribution in [0, 0.1) is 11.8 Å². The number of hydrogen-bond donors (Lipinski definition) is 1. The van der Waals surface area contributed by atoms with Crippen molar-refractivity contribution >= 4 is 0 Å². The van der Waals surface area contributed by atoms with Gasteiger partial charge in [0, 0.05) is 19.6 Å². The van der Waals surface area contributed by atoms with E-state index in [1.54, 1.807) is 0 Å². The lowest BCUT2D eigenvalue weighted by Gasteiger charge is -2.46. The third-order valence-electron chi connectivity index (χ3n) is 3.78. The van der Waals surface area contributed by atoms with Crippen molar-refractivity contribution in [3.05, 3.63) is 0 Å². The molecule has 0 aromatic rings. The van der Waals surface area contributed by atoms with E-state index >= 15 is 0 Å². The number of rotatable bonds is 2. The molecule has 82 valence electrons. The molecular weight excluding hydrogens is 174 g/mol. The highest BCUT2D eigenvalue weighted by Crippen LogP contribution is 2.31. The van der Waals surface area contributed by atoms with Crippen molar-refractivity contribution in [2.75, 3.05) is 19.6 Å². The topological polar surface area (TPSA) is 23.5 Å². The Morgan fingerprint density at radius 2 is 1.79 bits per heavy atom. The Balaban J connectivity index is 1.67. The van der Waals surface area contributed by atoms with E-state index < -0.39 is 0 Å². The average Bonchev–Trinajstić information content (AvgIpc) is 2.06. The van der Waals surface area contributed by atoms with E-state index in [0.29, 0.717) is 0 Å². The van der Waals surface area contributed by atoms with Gasteiger partial charge in [-0.05, 0) is 31.6 Å². The van der Waals surface area contributed by atoms with Gasteiger partial charge < -0.3 is 5.11 Å². The third kappa shape index (κ3) is 2.48. The lowest BCUT2D eigenvalue weighted by molar-refractivity contribution is -0.0902. The van der Waals surface area contributed by atoms with Gasteiger partial charge in [-0.25, -0.2) is 0 Å². The highest BCUT2D eigenvalue weighted by molar-refractivity contribution is 4.92. The molecule has 0 atom stereocenters. The minimum atomic E-state index is -0.387. The molecular formula is C12H23NO. The Bertz CT molecular complexity index is 186. The second-order valence-electron chi connectivity index (χ2n) is 5.79. The zero-order chi connectivity index (χ0) is 10.2. The Hall–Kier alpha value is -0.0800. The summed E-state index contributed by atoms with van der Waals surface area (Å²) in [4.78, 5) is 2.40. The SMILES string of the molecule is CC1CCC(CN2CC(C)(O)C2)CC1. The predicted octanol–water partition coefficient (Wildman–Crippen LogP) is 1.88. The minimum Gasteiger partial charge on any atom is -0.388 e. The van der Waals surface area contributed by atoms with E-state index in [9.17, 15) is 5.11 Å². The van der Waals surface area contributed by atoms with Crippen LogP contribution in [-0.2, 0) is 0 Å². The molecule has 0 unspecified atom stereocenters. The van der Waals surface area contributed by atoms with E-state index in [-0.39, 0.29) is 5.60 Å². The monoisotopic (exact) mass is 197 g/mol. The van der Waals surface area contributed by atoms with Gasteiger partial charge in [-0.1, -0.05) is 19.8 Å². The lowest BCUT2D eigenvalue weighted by Crippen LogP contribution is -2.60. The molecule has 0 aromatic carbocycles. The largest absolute Gasteiger partial charge is 0.388 e. The maximum absolute atomic E-state index is 9.61. The molecule has 2 aliphatic rings. The van der Waals surface area contributed by atoms with Crippen LogP contribution in [0.25, 0.3) is 0 Å². The van der Waals surface area contributed by atoms with Crippen LogP contribution in [-0.4, -0.2) is 35.2 Å². The first-order valence-electron chi connectivity index (χ1n) is 6.00. The molecule has 1 saturated carbocycles. The maximum Gasteiger partial charge on any atom is 0.0872 e. The molecule has 0 amide bonds. The van der Waals surface area contributed by atoms with Crippen LogP contribution in [0.1, 0.15) is 39.5 Å². The molecule has 2 fully saturated rings. The molecule has 14 heavy (non-hydrogen) atoms. The Morgan fingerprint density at radius 1 is 1.21 bits per heavy atom. The van der Waals surface area contributed by atoms with Crippen LogP contribution in [0.3, 0.4) is 0 Å². The number of likely N-dealkylation sites (tertiary alicyclic amines) is 1. The van der Waals surface area contributed by atoms with Gasteiger partial charge in [-0.3, -0.25) is 4.90 Å². The molecule has 2 heteroatoms. The number of hydrogen-bond acceptors (Lipinski definition) is 2. The Morgan fingerprint density at radius 3 is 2.29 bits per heavy atom. The highest BCUT2D eigenvalue weighted by Gasteiger charge is 2.37. The number of β-amino-alcohol motifs (C(OH)–C–C–N with tert-alkyl or cyclic N) is 1. The van der Waals surface area contributed by atoms with Gasteiger partial charge in [0.15, 0.2) is 0 Å². The third-order valence-corrected chi connectivity index (χ3v) is 3.78. The summed E-state index contributed by atoms with van der Waals surface area (Å²) in [7, 11) is 0. The van der Waals surface area contributed by atoms with Crippen LogP contribution in [0.2, 0.25) is 0 Å². The molecule has 0 bridgehead atoms. The molecule has 1 N–H and O–H groups in total. The van der Waals surface area contributed by atoms with Crippen molar-refractivity contribution in [1.29, 1.82) is 0 Å². The summed E-state index contributed by atoms with van der Waals surface area (Å²) < 4.78 is 0. The summed E-state index contributed by atoms with van der Waals surface area (Å²) in [6.45, 7) is 7.30. The molecule has 2 rings (SSSR count). The number of nitrogens with zero attached hydrogens (tertiary/aromatic N) is 1. The molecule has 0 radical (unpaired) electrons. The zero-order valence-electron chi connectivity index (χ0n) is 9.50. The van der Waals surface area contributed by atoms with E-state index in [1.165, 1.54) is 32.2 Å². The average molecular weight is 197 g/mol. The zero-order valence-corrected chi connectivity index (χ0v) is 9.50. The van der Waals surface area contributed by atoms with Crippen LogP contribution >= 0.6 is 0 Å². The van der Waals surface area contributed by atoms with Crippen molar-refractivity contribution in [2.24, 2.45) is 11.8 Å². The fraction of sp³-hybridized carbons (Fsp3) is 1.00. The molecule has 1 aliphatic carbocycles. The van der Waals surface area contributed by atoms with Crippen LogP contribution in [0.15, 0.2) is 0 Å². The van der Waals surface area contributed by atoms with E-state index in [0.717, 1.165) is 24.9 Å². The quantitative estimate of drug-likeness (QED) is 0.730. The Kier molecular flexibility index (Phi) is 2.85. The van der Waals surface area contributed by atoms with E-state index in [2.05, 4.69) is 11.8 Å². The Labute approximate surface area is 87.3 Å². The second kappa shape index (κ2) is 3.82. The second-order valence-corrected chi connectivity index (χ2v) is 5.79. The molecule has 0 spiro atoms. The van der Waals surface area contributed by atoms with E-state index in [1.807, 2.05) is 6.92 Å². The molecule has 1 saturated heterocycles. The van der Waals surface area contributed by atoms with Gasteiger partial charge >= 0.3 is 0 Å². The van der Waals surface area contributed by atoms with Gasteiger partial charge in [0.25, 0.3) is 0 Å². The van der Waals surface area contributed by atoms with Crippen LogP contribution in [0.5, 0.6) is 0 Å². The first-order chi connectivity index (χ1) is 6.55. The first-order valence-corrected chi connectivity index (χ1v) is 6.00. The highest BCUT2D eigenvalue weighted by atomic mass is 16.3. The summed E-state index contributed by atoms with van der Waals surface area (Å²) in [5.41, 5.74) is -0.387. The summed E-state index contributed by atoms with van der Waals surface area (Å²) in [5.74, 6) is 1.85. The predicted molar refractivity (Wildman–Crippen MR) is 58.2 cm³/mol. The molecule has 1 aliphatic heterocycles. The fourth-order valence-corrected chi connectivity index (χ4v) is 2.92. The van der Waals surface area contributed by atoms with Crippen molar-refractivity contribution in [3.63, 3.8) is 0 Å². The van der Waals surface area contributed by atoms with Crippen molar-refractivity contribution in [3.8, 4) is 0 Å². The lowest BCUT2D eigenvalue weighted by atomic mass is 9.82. The van der Waals surface area contributed by atoms with E-state index in [4.69, 9.17) is 0 Å². The van der Waals surface area contributed by atoms with Gasteiger partial charge in [-0.2, -0.15) is 0 Å². The van der Waals surface area contributed by atoms with Crippen molar-refractivity contribution in [2.45, 2.75) is 45.1 Å². The maximum atomic E-state index is 9.61. The summed E-state index contributed by atoms with van der Waals surface area (Å²) in [5, 5.41) is 9.61. The van der Waals surface area contributed by atoms with Crippen LogP contribution in [0.4, 0.5) is 0 Å². The molecule has 0 aromatic heterocycles. The molecule has 2 nitrogen and oxygen atoms in total. The normalized spacial score (nSPS) is 37.9. The fourth-order valence-electron chi connectivity index (χ4n) is 2.92. The van der Waals surface area contributed by atoms with Crippen molar-refractivity contribution in [1.82, 2.24) is 4.90 Å². The van der Waals surface area contributed by atoms with Crippen LogP contribution < -0.4 is 0 Å².